The van der Waals surface area contributed by atoms with Crippen molar-refractivity contribution in [2.24, 2.45) is 0 Å². The summed E-state index contributed by atoms with van der Waals surface area (Å²) in [5, 5.41) is 4.86. The third-order valence-electron chi connectivity index (χ3n) is 9.96. The van der Waals surface area contributed by atoms with Crippen LogP contribution in [-0.4, -0.2) is 24.1 Å². The standard InChI is InChI=1S/C42H29N5/c1-42(2)32-20-10-12-23-35(32)46-36-25-37-30(24-31(36)29-19-13-21-33(42)38(29)46)28-18-9-11-22-34(28)47(37)41-44-39(26-14-5-3-6-15-26)43-40(45-41)27-16-7-4-8-17-27/h3-25H,1-2H3. The first-order valence-corrected chi connectivity index (χ1v) is 16.1. The molecule has 0 N–H and O–H groups in total. The van der Waals surface area contributed by atoms with Gasteiger partial charge in [0.2, 0.25) is 5.95 Å². The van der Waals surface area contributed by atoms with Gasteiger partial charge < -0.3 is 4.57 Å². The highest BCUT2D eigenvalue weighted by Crippen LogP contribution is 2.48. The molecule has 0 bridgehead atoms. The molecule has 1 aliphatic rings. The molecule has 0 amide bonds. The molecule has 4 heterocycles. The summed E-state index contributed by atoms with van der Waals surface area (Å²) in [4.78, 5) is 15.3. The number of rotatable bonds is 3. The minimum atomic E-state index is -0.117. The molecule has 0 unspecified atom stereocenters. The first-order valence-electron chi connectivity index (χ1n) is 16.1. The summed E-state index contributed by atoms with van der Waals surface area (Å²) < 4.78 is 4.69. The molecule has 47 heavy (non-hydrogen) atoms. The Morgan fingerprint density at radius 2 is 1.02 bits per heavy atom. The van der Waals surface area contributed by atoms with E-state index >= 15 is 0 Å². The predicted molar refractivity (Wildman–Crippen MR) is 192 cm³/mol. The SMILES string of the molecule is CC1(C)c2ccccc2-n2c3cc4c(cc3c3cccc1c32)c1ccccc1n4-c1nc(-c2ccccc2)nc(-c2ccccc2)n1. The third-order valence-corrected chi connectivity index (χ3v) is 9.96. The van der Waals surface area contributed by atoms with Crippen molar-refractivity contribution in [2.45, 2.75) is 19.3 Å². The van der Waals surface area contributed by atoms with Gasteiger partial charge in [-0.25, -0.2) is 4.98 Å². The van der Waals surface area contributed by atoms with Gasteiger partial charge in [0.25, 0.3) is 0 Å². The smallest absolute Gasteiger partial charge is 0.238 e. The lowest BCUT2D eigenvalue weighted by Crippen LogP contribution is -2.26. The Hall–Kier alpha value is -6.07. The normalized spacial score (nSPS) is 13.5. The molecular formula is C42H29N5. The van der Waals surface area contributed by atoms with E-state index in [1.165, 1.54) is 49.4 Å². The summed E-state index contributed by atoms with van der Waals surface area (Å²) in [6.07, 6.45) is 0. The van der Waals surface area contributed by atoms with Crippen molar-refractivity contribution >= 4 is 43.6 Å². The molecule has 0 fully saturated rings. The van der Waals surface area contributed by atoms with Crippen LogP contribution in [0.1, 0.15) is 25.0 Å². The molecule has 6 aromatic carbocycles. The highest BCUT2D eigenvalue weighted by atomic mass is 15.2. The van der Waals surface area contributed by atoms with Crippen molar-refractivity contribution in [1.29, 1.82) is 0 Å². The summed E-state index contributed by atoms with van der Waals surface area (Å²) >= 11 is 0. The van der Waals surface area contributed by atoms with E-state index in [9.17, 15) is 0 Å². The topological polar surface area (TPSA) is 48.5 Å². The minimum Gasteiger partial charge on any atom is -0.309 e. The van der Waals surface area contributed by atoms with Crippen LogP contribution in [0, 0.1) is 0 Å². The predicted octanol–water partition coefficient (Wildman–Crippen LogP) is 10.0. The Labute approximate surface area is 271 Å². The summed E-state index contributed by atoms with van der Waals surface area (Å²) in [6.45, 7) is 4.68. The molecule has 0 radical (unpaired) electrons. The van der Waals surface area contributed by atoms with E-state index in [4.69, 9.17) is 15.0 Å². The van der Waals surface area contributed by atoms with Crippen LogP contribution in [0.25, 0.3) is 78.0 Å². The monoisotopic (exact) mass is 603 g/mol. The number of benzene rings is 6. The average Bonchev–Trinajstić information content (AvgIpc) is 3.63. The van der Waals surface area contributed by atoms with E-state index in [0.717, 1.165) is 22.2 Å². The fourth-order valence-electron chi connectivity index (χ4n) is 7.74. The van der Waals surface area contributed by atoms with Gasteiger partial charge in [0.15, 0.2) is 11.6 Å². The molecular weight excluding hydrogens is 574 g/mol. The molecule has 222 valence electrons. The maximum absolute atomic E-state index is 5.15. The Kier molecular flexibility index (Phi) is 5.28. The molecule has 0 spiro atoms. The molecule has 9 aromatic rings. The number of fused-ring (bicyclic) bond motifs is 8. The van der Waals surface area contributed by atoms with Crippen LogP contribution in [0.4, 0.5) is 0 Å². The van der Waals surface area contributed by atoms with Gasteiger partial charge >= 0.3 is 0 Å². The molecule has 0 saturated heterocycles. The van der Waals surface area contributed by atoms with Crippen molar-refractivity contribution in [2.75, 3.05) is 0 Å². The highest BCUT2D eigenvalue weighted by Gasteiger charge is 2.35. The molecule has 3 aromatic heterocycles. The van der Waals surface area contributed by atoms with Crippen LogP contribution in [0.15, 0.2) is 140 Å². The Bertz CT molecular complexity index is 2640. The van der Waals surface area contributed by atoms with E-state index in [1.54, 1.807) is 0 Å². The molecule has 10 rings (SSSR count). The van der Waals surface area contributed by atoms with Gasteiger partial charge in [-0.1, -0.05) is 129 Å². The second-order valence-electron chi connectivity index (χ2n) is 12.9. The molecule has 1 aliphatic heterocycles. The Morgan fingerprint density at radius 3 is 1.77 bits per heavy atom. The van der Waals surface area contributed by atoms with Crippen LogP contribution >= 0.6 is 0 Å². The van der Waals surface area contributed by atoms with E-state index in [1.807, 2.05) is 36.4 Å². The zero-order valence-electron chi connectivity index (χ0n) is 26.0. The van der Waals surface area contributed by atoms with Gasteiger partial charge in [-0.05, 0) is 35.4 Å². The summed E-state index contributed by atoms with van der Waals surface area (Å²) in [5.74, 6) is 1.89. The molecule has 0 atom stereocenters. The van der Waals surface area contributed by atoms with Gasteiger partial charge in [-0.3, -0.25) is 4.57 Å². The van der Waals surface area contributed by atoms with Crippen LogP contribution in [-0.2, 0) is 5.41 Å². The van der Waals surface area contributed by atoms with Crippen LogP contribution in [0.5, 0.6) is 0 Å². The van der Waals surface area contributed by atoms with Crippen molar-refractivity contribution in [3.63, 3.8) is 0 Å². The van der Waals surface area contributed by atoms with Gasteiger partial charge in [0, 0.05) is 38.1 Å². The number of aromatic nitrogens is 5. The minimum absolute atomic E-state index is 0.117. The number of hydrogen-bond acceptors (Lipinski definition) is 3. The molecule has 0 saturated carbocycles. The maximum Gasteiger partial charge on any atom is 0.238 e. The zero-order chi connectivity index (χ0) is 31.3. The first kappa shape index (κ1) is 26.2. The molecule has 0 aliphatic carbocycles. The number of nitrogens with zero attached hydrogens (tertiary/aromatic N) is 5. The number of hydrogen-bond donors (Lipinski definition) is 0. The lowest BCUT2D eigenvalue weighted by atomic mass is 9.75. The molecule has 5 heteroatoms. The van der Waals surface area contributed by atoms with Crippen molar-refractivity contribution in [3.8, 4) is 34.4 Å². The second kappa shape index (κ2) is 9.47. The maximum atomic E-state index is 5.15. The van der Waals surface area contributed by atoms with Gasteiger partial charge in [0.1, 0.15) is 0 Å². The lowest BCUT2D eigenvalue weighted by Gasteiger charge is -2.34. The van der Waals surface area contributed by atoms with Crippen molar-refractivity contribution in [3.05, 3.63) is 151 Å². The third kappa shape index (κ3) is 3.62. The van der Waals surface area contributed by atoms with Crippen LogP contribution < -0.4 is 0 Å². The Morgan fingerprint density at radius 1 is 0.447 bits per heavy atom. The van der Waals surface area contributed by atoms with Crippen molar-refractivity contribution < 1.29 is 0 Å². The van der Waals surface area contributed by atoms with Crippen LogP contribution in [0.3, 0.4) is 0 Å². The van der Waals surface area contributed by atoms with E-state index in [2.05, 4.69) is 126 Å². The number of para-hydroxylation sites is 3. The fraction of sp³-hybridized carbons (Fsp3) is 0.0714. The molecule has 5 nitrogen and oxygen atoms in total. The Balaban J connectivity index is 1.35. The lowest BCUT2D eigenvalue weighted by molar-refractivity contribution is 0.630. The highest BCUT2D eigenvalue weighted by molar-refractivity contribution is 6.20. The van der Waals surface area contributed by atoms with Gasteiger partial charge in [-0.15, -0.1) is 0 Å². The summed E-state index contributed by atoms with van der Waals surface area (Å²) in [5.41, 5.74) is 10.3. The van der Waals surface area contributed by atoms with E-state index in [-0.39, 0.29) is 5.41 Å². The largest absolute Gasteiger partial charge is 0.309 e. The quantitative estimate of drug-likeness (QED) is 0.202. The summed E-state index contributed by atoms with van der Waals surface area (Å²) in [6, 6.07) is 49.3. The average molecular weight is 604 g/mol. The van der Waals surface area contributed by atoms with E-state index < -0.39 is 0 Å². The fourth-order valence-corrected chi connectivity index (χ4v) is 7.74. The van der Waals surface area contributed by atoms with E-state index in [0.29, 0.717) is 17.6 Å². The second-order valence-corrected chi connectivity index (χ2v) is 12.9. The van der Waals surface area contributed by atoms with Gasteiger partial charge in [-0.2, -0.15) is 9.97 Å². The van der Waals surface area contributed by atoms with Gasteiger partial charge in [0.05, 0.1) is 27.8 Å². The zero-order valence-corrected chi connectivity index (χ0v) is 26.0. The van der Waals surface area contributed by atoms with Crippen LogP contribution in [0.2, 0.25) is 0 Å². The first-order chi connectivity index (χ1) is 23.1. The summed E-state index contributed by atoms with van der Waals surface area (Å²) in [7, 11) is 0. The van der Waals surface area contributed by atoms with Crippen molar-refractivity contribution in [1.82, 2.24) is 24.1 Å².